The number of nitrogens with one attached hydrogen (secondary N) is 1. The Balaban J connectivity index is 2.50. The number of non-ortho nitro benzene ring substituents is 1. The number of rotatable bonds is 7. The van der Waals surface area contributed by atoms with Crippen molar-refractivity contribution in [1.82, 2.24) is 5.32 Å². The average Bonchev–Trinajstić information content (AvgIpc) is 2.84. The van der Waals surface area contributed by atoms with E-state index in [1.54, 1.807) is 12.1 Å². The van der Waals surface area contributed by atoms with Gasteiger partial charge >= 0.3 is 0 Å². The van der Waals surface area contributed by atoms with Crippen molar-refractivity contribution in [3.8, 4) is 0 Å². The SMILES string of the molecule is CCCN(CCC)c1ccc([N+](=O)[O-])cc1/C=C1\SC(=O)NC1=O. The van der Waals surface area contributed by atoms with Gasteiger partial charge in [0.05, 0.1) is 9.83 Å². The van der Waals surface area contributed by atoms with E-state index in [0.717, 1.165) is 43.4 Å². The zero-order chi connectivity index (χ0) is 17.7. The van der Waals surface area contributed by atoms with E-state index >= 15 is 0 Å². The lowest BCUT2D eigenvalue weighted by atomic mass is 10.1. The Bertz CT molecular complexity index is 697. The van der Waals surface area contributed by atoms with Gasteiger partial charge in [-0.3, -0.25) is 25.0 Å². The Kier molecular flexibility index (Phi) is 5.97. The Morgan fingerprint density at radius 1 is 1.25 bits per heavy atom. The molecule has 1 aliphatic heterocycles. The molecule has 0 radical (unpaired) electrons. The van der Waals surface area contributed by atoms with Gasteiger partial charge in [-0.2, -0.15) is 0 Å². The highest BCUT2D eigenvalue weighted by atomic mass is 32.2. The van der Waals surface area contributed by atoms with Crippen LogP contribution in [0.2, 0.25) is 0 Å². The zero-order valence-corrected chi connectivity index (χ0v) is 14.4. The van der Waals surface area contributed by atoms with Gasteiger partial charge in [0.25, 0.3) is 16.8 Å². The van der Waals surface area contributed by atoms with Crippen LogP contribution in [0.4, 0.5) is 16.2 Å². The van der Waals surface area contributed by atoms with E-state index in [-0.39, 0.29) is 10.6 Å². The first kappa shape index (κ1) is 18.0. The van der Waals surface area contributed by atoms with Gasteiger partial charge in [-0.1, -0.05) is 13.8 Å². The highest BCUT2D eigenvalue weighted by molar-refractivity contribution is 8.18. The average molecular weight is 349 g/mol. The highest BCUT2D eigenvalue weighted by Gasteiger charge is 2.26. The standard InChI is InChI=1S/C16H19N3O4S/c1-3-7-18(8-4-2)13-6-5-12(19(22)23)9-11(13)10-14-15(20)17-16(21)24-14/h5-6,9-10H,3-4,7-8H2,1-2H3,(H,17,20,21)/b14-10-. The number of amides is 2. The third-order valence-corrected chi connectivity index (χ3v) is 4.29. The second-order valence-corrected chi connectivity index (χ2v) is 6.35. The van der Waals surface area contributed by atoms with E-state index in [4.69, 9.17) is 0 Å². The molecule has 0 saturated carbocycles. The van der Waals surface area contributed by atoms with Crippen LogP contribution in [0.5, 0.6) is 0 Å². The summed E-state index contributed by atoms with van der Waals surface area (Å²) in [6.07, 6.45) is 3.41. The lowest BCUT2D eigenvalue weighted by Crippen LogP contribution is -2.25. The van der Waals surface area contributed by atoms with E-state index in [1.807, 2.05) is 0 Å². The first-order valence-electron chi connectivity index (χ1n) is 7.74. The lowest BCUT2D eigenvalue weighted by Gasteiger charge is -2.25. The number of carbonyl (C=O) groups is 2. The molecule has 0 unspecified atom stereocenters. The summed E-state index contributed by atoms with van der Waals surface area (Å²) < 4.78 is 0. The molecule has 128 valence electrons. The van der Waals surface area contributed by atoms with Gasteiger partial charge in [0.1, 0.15) is 0 Å². The summed E-state index contributed by atoms with van der Waals surface area (Å²) in [4.78, 5) is 36.1. The maximum absolute atomic E-state index is 11.8. The minimum atomic E-state index is -0.472. The highest BCUT2D eigenvalue weighted by Crippen LogP contribution is 2.32. The fourth-order valence-electron chi connectivity index (χ4n) is 2.51. The molecule has 24 heavy (non-hydrogen) atoms. The third kappa shape index (κ3) is 4.14. The molecule has 1 aromatic rings. The summed E-state index contributed by atoms with van der Waals surface area (Å²) >= 11 is 0.803. The number of nitro benzene ring substituents is 1. The number of nitrogens with zero attached hydrogens (tertiary/aromatic N) is 2. The largest absolute Gasteiger partial charge is 0.371 e. The Morgan fingerprint density at radius 3 is 2.42 bits per heavy atom. The normalized spacial score (nSPS) is 15.7. The van der Waals surface area contributed by atoms with Crippen molar-refractivity contribution >= 4 is 40.4 Å². The van der Waals surface area contributed by atoms with Crippen molar-refractivity contribution in [2.45, 2.75) is 26.7 Å². The van der Waals surface area contributed by atoms with Crippen molar-refractivity contribution in [3.05, 3.63) is 38.8 Å². The molecule has 0 bridgehead atoms. The number of carbonyl (C=O) groups excluding carboxylic acids is 2. The predicted molar refractivity (Wildman–Crippen MR) is 95.0 cm³/mol. The van der Waals surface area contributed by atoms with Crippen LogP contribution in [-0.2, 0) is 4.79 Å². The molecule has 8 heteroatoms. The summed E-state index contributed by atoms with van der Waals surface area (Å²) in [5, 5.41) is 12.8. The van der Waals surface area contributed by atoms with Crippen molar-refractivity contribution in [3.63, 3.8) is 0 Å². The topological polar surface area (TPSA) is 92.5 Å². The summed E-state index contributed by atoms with van der Waals surface area (Å²) in [5.41, 5.74) is 1.34. The second-order valence-electron chi connectivity index (χ2n) is 5.34. The third-order valence-electron chi connectivity index (χ3n) is 3.48. The quantitative estimate of drug-likeness (QED) is 0.460. The van der Waals surface area contributed by atoms with Gasteiger partial charge in [0.15, 0.2) is 0 Å². The fraction of sp³-hybridized carbons (Fsp3) is 0.375. The van der Waals surface area contributed by atoms with Crippen LogP contribution in [0.15, 0.2) is 23.1 Å². The van der Waals surface area contributed by atoms with Gasteiger partial charge in [0, 0.05) is 36.5 Å². The van der Waals surface area contributed by atoms with Crippen molar-refractivity contribution < 1.29 is 14.5 Å². The van der Waals surface area contributed by atoms with Gasteiger partial charge in [-0.05, 0) is 36.7 Å². The molecule has 1 N–H and O–H groups in total. The molecule has 1 heterocycles. The van der Waals surface area contributed by atoms with Crippen LogP contribution in [0.3, 0.4) is 0 Å². The first-order valence-corrected chi connectivity index (χ1v) is 8.56. The van der Waals surface area contributed by atoms with Gasteiger partial charge in [0.2, 0.25) is 0 Å². The Morgan fingerprint density at radius 2 is 1.92 bits per heavy atom. The summed E-state index contributed by atoms with van der Waals surface area (Å²) in [7, 11) is 0. The summed E-state index contributed by atoms with van der Waals surface area (Å²) in [6, 6.07) is 4.61. The number of benzene rings is 1. The molecule has 0 aromatic heterocycles. The molecule has 7 nitrogen and oxygen atoms in total. The fourth-order valence-corrected chi connectivity index (χ4v) is 3.19. The maximum Gasteiger partial charge on any atom is 0.290 e. The number of imide groups is 1. The molecule has 2 amide bonds. The summed E-state index contributed by atoms with van der Waals surface area (Å²) in [5.74, 6) is -0.472. The molecule has 1 fully saturated rings. The minimum absolute atomic E-state index is 0.0479. The Labute approximate surface area is 144 Å². The molecule has 0 aliphatic carbocycles. The van der Waals surface area contributed by atoms with Crippen LogP contribution in [0.1, 0.15) is 32.3 Å². The number of nitro groups is 1. The molecule has 1 saturated heterocycles. The molecule has 0 spiro atoms. The maximum atomic E-state index is 11.8. The van der Waals surface area contributed by atoms with Crippen LogP contribution in [0, 0.1) is 10.1 Å². The minimum Gasteiger partial charge on any atom is -0.371 e. The monoisotopic (exact) mass is 349 g/mol. The van der Waals surface area contributed by atoms with E-state index in [0.29, 0.717) is 5.56 Å². The molecule has 1 aliphatic rings. The van der Waals surface area contributed by atoms with E-state index < -0.39 is 16.1 Å². The first-order chi connectivity index (χ1) is 11.5. The molecule has 1 aromatic carbocycles. The second kappa shape index (κ2) is 7.96. The van der Waals surface area contributed by atoms with Crippen LogP contribution in [-0.4, -0.2) is 29.2 Å². The predicted octanol–water partition coefficient (Wildman–Crippen LogP) is 3.55. The molecular formula is C16H19N3O4S. The van der Waals surface area contributed by atoms with E-state index in [2.05, 4.69) is 24.1 Å². The van der Waals surface area contributed by atoms with Gasteiger partial charge in [-0.15, -0.1) is 0 Å². The summed E-state index contributed by atoms with van der Waals surface area (Å²) in [6.45, 7) is 5.73. The number of thioether (sulfide) groups is 1. The number of hydrogen-bond acceptors (Lipinski definition) is 6. The molecule has 0 atom stereocenters. The van der Waals surface area contributed by atoms with Crippen LogP contribution in [0.25, 0.3) is 6.08 Å². The van der Waals surface area contributed by atoms with Gasteiger partial charge < -0.3 is 4.90 Å². The van der Waals surface area contributed by atoms with Crippen molar-refractivity contribution in [2.75, 3.05) is 18.0 Å². The molecular weight excluding hydrogens is 330 g/mol. The smallest absolute Gasteiger partial charge is 0.290 e. The van der Waals surface area contributed by atoms with Crippen molar-refractivity contribution in [1.29, 1.82) is 0 Å². The van der Waals surface area contributed by atoms with E-state index in [9.17, 15) is 19.7 Å². The van der Waals surface area contributed by atoms with E-state index in [1.165, 1.54) is 12.1 Å². The lowest BCUT2D eigenvalue weighted by molar-refractivity contribution is -0.384. The van der Waals surface area contributed by atoms with Gasteiger partial charge in [-0.25, -0.2) is 0 Å². The Hall–Kier alpha value is -2.35. The number of anilines is 1. The zero-order valence-electron chi connectivity index (χ0n) is 13.6. The van der Waals surface area contributed by atoms with Crippen LogP contribution >= 0.6 is 11.8 Å². The van der Waals surface area contributed by atoms with Crippen LogP contribution < -0.4 is 10.2 Å². The number of hydrogen-bond donors (Lipinski definition) is 1. The van der Waals surface area contributed by atoms with Crippen molar-refractivity contribution in [2.24, 2.45) is 0 Å². The molecule has 2 rings (SSSR count).